The van der Waals surface area contributed by atoms with Crippen LogP contribution in [0.15, 0.2) is 18.2 Å². The molecular weight excluding hydrogens is 276 g/mol. The molecule has 6 heteroatoms. The highest BCUT2D eigenvalue weighted by Gasteiger charge is 2.28. The molecule has 3 rings (SSSR count). The van der Waals surface area contributed by atoms with Gasteiger partial charge in [-0.05, 0) is 31.6 Å². The number of anilines is 1. The first-order valence-corrected chi connectivity index (χ1v) is 7.52. The van der Waals surface area contributed by atoms with Crippen molar-refractivity contribution in [3.63, 3.8) is 0 Å². The van der Waals surface area contributed by atoms with Crippen LogP contribution >= 0.6 is 11.6 Å². The van der Waals surface area contributed by atoms with Crippen LogP contribution in [0.5, 0.6) is 5.75 Å². The molecule has 0 radical (unpaired) electrons. The van der Waals surface area contributed by atoms with Crippen LogP contribution in [0.25, 0.3) is 0 Å². The highest BCUT2D eigenvalue weighted by Crippen LogP contribution is 2.38. The second-order valence-electron chi connectivity index (χ2n) is 5.36. The molecular formula is C14H21ClN4O. The fourth-order valence-electron chi connectivity index (χ4n) is 2.82. The molecule has 2 aliphatic heterocycles. The highest BCUT2D eigenvalue weighted by atomic mass is 35.5. The van der Waals surface area contributed by atoms with Crippen molar-refractivity contribution >= 4 is 17.3 Å². The number of ether oxygens (including phenoxy) is 1. The topological polar surface area (TPSA) is 53.8 Å². The monoisotopic (exact) mass is 296 g/mol. The minimum absolute atomic E-state index is 0.166. The number of hydrogen-bond acceptors (Lipinski definition) is 5. The maximum Gasteiger partial charge on any atom is 0.162 e. The van der Waals surface area contributed by atoms with Gasteiger partial charge in [0.15, 0.2) is 5.75 Å². The molecule has 1 saturated heterocycles. The first-order valence-electron chi connectivity index (χ1n) is 7.14. The van der Waals surface area contributed by atoms with Crippen molar-refractivity contribution < 1.29 is 4.74 Å². The Hall–Kier alpha value is -1.01. The van der Waals surface area contributed by atoms with Crippen molar-refractivity contribution in [3.05, 3.63) is 23.2 Å². The van der Waals surface area contributed by atoms with Crippen LogP contribution in [0.4, 0.5) is 5.69 Å². The van der Waals surface area contributed by atoms with E-state index in [0.29, 0.717) is 17.4 Å². The maximum atomic E-state index is 6.27. The summed E-state index contributed by atoms with van der Waals surface area (Å²) in [7, 11) is 0. The lowest BCUT2D eigenvalue weighted by Crippen LogP contribution is -2.53. The lowest BCUT2D eigenvalue weighted by Gasteiger charge is -2.37. The Bertz CT molecular complexity index is 462. The molecule has 2 heterocycles. The van der Waals surface area contributed by atoms with Crippen LogP contribution in [0.3, 0.4) is 0 Å². The third-order valence-electron chi connectivity index (χ3n) is 3.94. The van der Waals surface area contributed by atoms with E-state index in [1.54, 1.807) is 0 Å². The Morgan fingerprint density at radius 2 is 2.25 bits per heavy atom. The average Bonchev–Trinajstić information content (AvgIpc) is 2.71. The molecule has 0 aliphatic carbocycles. The van der Waals surface area contributed by atoms with Gasteiger partial charge in [0.1, 0.15) is 6.61 Å². The van der Waals surface area contributed by atoms with Crippen LogP contribution in [0.2, 0.25) is 5.02 Å². The number of nitrogens with two attached hydrogens (primary N) is 1. The first kappa shape index (κ1) is 13.9. The molecule has 1 fully saturated rings. The zero-order valence-electron chi connectivity index (χ0n) is 11.5. The van der Waals surface area contributed by atoms with E-state index in [2.05, 4.69) is 10.2 Å². The van der Waals surface area contributed by atoms with Crippen molar-refractivity contribution in [1.82, 2.24) is 10.2 Å². The third kappa shape index (κ3) is 2.86. The summed E-state index contributed by atoms with van der Waals surface area (Å²) in [4.78, 5) is 2.45. The molecule has 1 aromatic carbocycles. The normalized spacial score (nSPS) is 23.9. The van der Waals surface area contributed by atoms with E-state index in [4.69, 9.17) is 22.2 Å². The molecule has 0 saturated carbocycles. The number of halogens is 1. The quantitative estimate of drug-likeness (QED) is 0.800. The van der Waals surface area contributed by atoms with E-state index in [-0.39, 0.29) is 6.04 Å². The van der Waals surface area contributed by atoms with Gasteiger partial charge in [-0.25, -0.2) is 5.84 Å². The molecule has 0 bridgehead atoms. The number of nitrogens with zero attached hydrogens (tertiary/aromatic N) is 2. The smallest absolute Gasteiger partial charge is 0.162 e. The summed E-state index contributed by atoms with van der Waals surface area (Å²) in [5.41, 5.74) is 0.877. The van der Waals surface area contributed by atoms with Crippen LogP contribution in [0.1, 0.15) is 6.42 Å². The molecule has 3 N–H and O–H groups in total. The number of fused-ring (bicyclic) bond motifs is 1. The van der Waals surface area contributed by atoms with Gasteiger partial charge in [0.05, 0.1) is 16.8 Å². The highest BCUT2D eigenvalue weighted by molar-refractivity contribution is 6.32. The standard InChI is InChI=1S/C14H21ClN4O/c15-12-3-1-4-13-14(12)20-10-11(19(13)16)9-18-7-2-5-17-6-8-18/h1,3-4,11,17H,2,5-10,16H2. The maximum absolute atomic E-state index is 6.27. The molecule has 2 aliphatic rings. The number of benzene rings is 1. The predicted octanol–water partition coefficient (Wildman–Crippen LogP) is 1.08. The van der Waals surface area contributed by atoms with Crippen LogP contribution in [-0.2, 0) is 0 Å². The fraction of sp³-hybridized carbons (Fsp3) is 0.571. The van der Waals surface area contributed by atoms with Gasteiger partial charge in [-0.1, -0.05) is 17.7 Å². The van der Waals surface area contributed by atoms with E-state index in [0.717, 1.165) is 38.4 Å². The van der Waals surface area contributed by atoms with E-state index < -0.39 is 0 Å². The SMILES string of the molecule is NN1c2cccc(Cl)c2OCC1CN1CCCNCC1. The molecule has 110 valence electrons. The van der Waals surface area contributed by atoms with Gasteiger partial charge in [0.2, 0.25) is 0 Å². The van der Waals surface area contributed by atoms with Crippen molar-refractivity contribution in [2.24, 2.45) is 5.84 Å². The van der Waals surface area contributed by atoms with Crippen LogP contribution in [0, 0.1) is 0 Å². The number of rotatable bonds is 2. The first-order chi connectivity index (χ1) is 9.75. The largest absolute Gasteiger partial charge is 0.488 e. The summed E-state index contributed by atoms with van der Waals surface area (Å²) in [6.07, 6.45) is 1.18. The van der Waals surface area contributed by atoms with Gasteiger partial charge < -0.3 is 10.1 Å². The van der Waals surface area contributed by atoms with Crippen LogP contribution < -0.4 is 20.9 Å². The van der Waals surface area contributed by atoms with Crippen molar-refractivity contribution in [2.75, 3.05) is 44.3 Å². The van der Waals surface area contributed by atoms with Gasteiger partial charge in [0, 0.05) is 19.6 Å². The van der Waals surface area contributed by atoms with E-state index >= 15 is 0 Å². The molecule has 20 heavy (non-hydrogen) atoms. The predicted molar refractivity (Wildman–Crippen MR) is 81.3 cm³/mol. The average molecular weight is 297 g/mol. The Kier molecular flexibility index (Phi) is 4.31. The van der Waals surface area contributed by atoms with E-state index in [1.165, 1.54) is 6.42 Å². The van der Waals surface area contributed by atoms with Gasteiger partial charge in [-0.3, -0.25) is 9.91 Å². The molecule has 1 unspecified atom stereocenters. The summed E-state index contributed by atoms with van der Waals surface area (Å²) in [5, 5.41) is 5.84. The fourth-order valence-corrected chi connectivity index (χ4v) is 3.05. The molecule has 0 spiro atoms. The third-order valence-corrected chi connectivity index (χ3v) is 4.24. The molecule has 0 amide bonds. The second kappa shape index (κ2) is 6.18. The Balaban J connectivity index is 1.70. The zero-order valence-corrected chi connectivity index (χ0v) is 12.3. The molecule has 1 atom stereocenters. The number of hydrazine groups is 1. The summed E-state index contributed by atoms with van der Waals surface area (Å²) in [6.45, 7) is 5.82. The van der Waals surface area contributed by atoms with Gasteiger partial charge in [0.25, 0.3) is 0 Å². The van der Waals surface area contributed by atoms with Crippen molar-refractivity contribution in [3.8, 4) is 5.75 Å². The van der Waals surface area contributed by atoms with Crippen LogP contribution in [-0.4, -0.2) is 50.3 Å². The summed E-state index contributed by atoms with van der Waals surface area (Å²) in [6, 6.07) is 5.86. The van der Waals surface area contributed by atoms with E-state index in [9.17, 15) is 0 Å². The zero-order chi connectivity index (χ0) is 13.9. The lowest BCUT2D eigenvalue weighted by atomic mass is 10.1. The summed E-state index contributed by atoms with van der Waals surface area (Å²) in [5.74, 6) is 6.97. The Morgan fingerprint density at radius 3 is 3.15 bits per heavy atom. The van der Waals surface area contributed by atoms with Gasteiger partial charge >= 0.3 is 0 Å². The molecule has 0 aromatic heterocycles. The molecule has 1 aromatic rings. The van der Waals surface area contributed by atoms with Gasteiger partial charge in [-0.2, -0.15) is 0 Å². The van der Waals surface area contributed by atoms with Crippen molar-refractivity contribution in [1.29, 1.82) is 0 Å². The van der Waals surface area contributed by atoms with Gasteiger partial charge in [-0.15, -0.1) is 0 Å². The van der Waals surface area contributed by atoms with E-state index in [1.807, 2.05) is 23.2 Å². The molecule has 5 nitrogen and oxygen atoms in total. The minimum atomic E-state index is 0.166. The second-order valence-corrected chi connectivity index (χ2v) is 5.77. The van der Waals surface area contributed by atoms with Crippen molar-refractivity contribution in [2.45, 2.75) is 12.5 Å². The minimum Gasteiger partial charge on any atom is -0.488 e. The summed E-state index contributed by atoms with van der Waals surface area (Å²) < 4.78 is 5.81. The lowest BCUT2D eigenvalue weighted by molar-refractivity contribution is 0.202. The number of para-hydroxylation sites is 1. The summed E-state index contributed by atoms with van der Waals surface area (Å²) >= 11 is 6.14. The Morgan fingerprint density at radius 1 is 1.35 bits per heavy atom. The Labute approximate surface area is 124 Å². The number of hydrogen-bond donors (Lipinski definition) is 2. The number of nitrogens with one attached hydrogen (secondary N) is 1.